The molecule has 5 aliphatic carbocycles. The van der Waals surface area contributed by atoms with Crippen LogP contribution >= 0.6 is 0 Å². The highest BCUT2D eigenvalue weighted by Gasteiger charge is 2.51. The fourth-order valence-corrected chi connectivity index (χ4v) is 6.97. The summed E-state index contributed by atoms with van der Waals surface area (Å²) < 4.78 is 5.91. The lowest BCUT2D eigenvalue weighted by Crippen LogP contribution is -2.49. The molecule has 1 heterocycles. The standard InChI is InChI=1S/C22H31N3O2/c26-20(13-22-10-15-7-16(11-22)9-17(8-15)12-22)25-18-1-3-19(4-2-18)27-21-14-23-5-6-24-21/h5-6,14-19H,1-4,7-13H2,(H,25,26). The molecule has 1 amide bonds. The average Bonchev–Trinajstić information content (AvgIpc) is 2.62. The van der Waals surface area contributed by atoms with Gasteiger partial charge in [0.15, 0.2) is 0 Å². The molecule has 146 valence electrons. The number of ether oxygens (including phenoxy) is 1. The summed E-state index contributed by atoms with van der Waals surface area (Å²) in [6.07, 6.45) is 18.1. The van der Waals surface area contributed by atoms with E-state index in [0.29, 0.717) is 23.2 Å². The molecule has 0 aromatic carbocycles. The van der Waals surface area contributed by atoms with Crippen LogP contribution < -0.4 is 10.1 Å². The number of nitrogens with zero attached hydrogens (tertiary/aromatic N) is 2. The molecule has 0 saturated heterocycles. The third-order valence-electron chi connectivity index (χ3n) is 7.57. The molecule has 5 heteroatoms. The van der Waals surface area contributed by atoms with Gasteiger partial charge in [-0.2, -0.15) is 0 Å². The third kappa shape index (κ3) is 3.83. The first-order chi connectivity index (χ1) is 13.2. The highest BCUT2D eigenvalue weighted by molar-refractivity contribution is 5.77. The molecular formula is C22H31N3O2. The molecule has 0 radical (unpaired) electrons. The molecule has 4 bridgehead atoms. The number of carbonyl (C=O) groups is 1. The molecule has 1 aromatic heterocycles. The SMILES string of the molecule is O=C(CC12CC3CC(CC(C3)C1)C2)NC1CCC(Oc2cnccn2)CC1. The van der Waals surface area contributed by atoms with E-state index in [9.17, 15) is 4.79 Å². The van der Waals surface area contributed by atoms with Crippen molar-refractivity contribution in [3.63, 3.8) is 0 Å². The first-order valence-electron chi connectivity index (χ1n) is 10.9. The summed E-state index contributed by atoms with van der Waals surface area (Å²) in [5.41, 5.74) is 0.338. The van der Waals surface area contributed by atoms with Gasteiger partial charge in [-0.1, -0.05) is 0 Å². The van der Waals surface area contributed by atoms with Gasteiger partial charge in [0.05, 0.1) is 6.20 Å². The summed E-state index contributed by atoms with van der Waals surface area (Å²) in [5.74, 6) is 3.65. The number of nitrogens with one attached hydrogen (secondary N) is 1. The molecular weight excluding hydrogens is 338 g/mol. The third-order valence-corrected chi connectivity index (χ3v) is 7.57. The summed E-state index contributed by atoms with van der Waals surface area (Å²) in [6, 6.07) is 0.313. The summed E-state index contributed by atoms with van der Waals surface area (Å²) in [6.45, 7) is 0. The minimum absolute atomic E-state index is 0.193. The number of rotatable bonds is 5. The Hall–Kier alpha value is -1.65. The van der Waals surface area contributed by atoms with Crippen LogP contribution in [0.1, 0.15) is 70.6 Å². The maximum absolute atomic E-state index is 12.8. The van der Waals surface area contributed by atoms with E-state index in [4.69, 9.17) is 4.74 Å². The highest BCUT2D eigenvalue weighted by atomic mass is 16.5. The van der Waals surface area contributed by atoms with Crippen molar-refractivity contribution in [3.05, 3.63) is 18.6 Å². The van der Waals surface area contributed by atoms with Crippen molar-refractivity contribution < 1.29 is 9.53 Å². The van der Waals surface area contributed by atoms with Crippen LogP contribution in [0.5, 0.6) is 5.88 Å². The maximum atomic E-state index is 12.8. The zero-order chi connectivity index (χ0) is 18.3. The average molecular weight is 370 g/mol. The van der Waals surface area contributed by atoms with Crippen LogP contribution in [0.25, 0.3) is 0 Å². The lowest BCUT2D eigenvalue weighted by atomic mass is 9.49. The van der Waals surface area contributed by atoms with E-state index in [0.717, 1.165) is 49.9 Å². The lowest BCUT2D eigenvalue weighted by Gasteiger charge is -2.56. The van der Waals surface area contributed by atoms with E-state index in [1.807, 2.05) is 0 Å². The Morgan fingerprint density at radius 3 is 2.30 bits per heavy atom. The van der Waals surface area contributed by atoms with Gasteiger partial charge >= 0.3 is 0 Å². The van der Waals surface area contributed by atoms with E-state index in [1.165, 1.54) is 38.5 Å². The van der Waals surface area contributed by atoms with Gasteiger partial charge in [-0.3, -0.25) is 9.78 Å². The Bertz CT molecular complexity index is 634. The van der Waals surface area contributed by atoms with Gasteiger partial charge in [0, 0.05) is 24.9 Å². The zero-order valence-electron chi connectivity index (χ0n) is 16.1. The van der Waals surface area contributed by atoms with Gasteiger partial charge < -0.3 is 10.1 Å². The molecule has 5 nitrogen and oxygen atoms in total. The second kappa shape index (κ2) is 7.06. The van der Waals surface area contributed by atoms with E-state index in [1.54, 1.807) is 18.6 Å². The van der Waals surface area contributed by atoms with Crippen molar-refractivity contribution in [1.82, 2.24) is 15.3 Å². The monoisotopic (exact) mass is 369 g/mol. The van der Waals surface area contributed by atoms with Gasteiger partial charge in [0.2, 0.25) is 11.8 Å². The Kier molecular flexibility index (Phi) is 4.57. The lowest BCUT2D eigenvalue weighted by molar-refractivity contribution is -0.130. The summed E-state index contributed by atoms with van der Waals surface area (Å²) >= 11 is 0. The molecule has 1 N–H and O–H groups in total. The van der Waals surface area contributed by atoms with Gasteiger partial charge in [0.25, 0.3) is 0 Å². The molecule has 0 spiro atoms. The largest absolute Gasteiger partial charge is 0.473 e. The van der Waals surface area contributed by atoms with Crippen LogP contribution in [0.15, 0.2) is 18.6 Å². The van der Waals surface area contributed by atoms with Gasteiger partial charge in [-0.15, -0.1) is 0 Å². The quantitative estimate of drug-likeness (QED) is 0.855. The van der Waals surface area contributed by atoms with Crippen LogP contribution in [0.3, 0.4) is 0 Å². The van der Waals surface area contributed by atoms with Crippen molar-refractivity contribution in [1.29, 1.82) is 0 Å². The number of amides is 1. The Labute approximate surface area is 161 Å². The van der Waals surface area contributed by atoms with E-state index in [-0.39, 0.29) is 6.10 Å². The van der Waals surface area contributed by atoms with Crippen molar-refractivity contribution in [2.45, 2.75) is 82.8 Å². The van der Waals surface area contributed by atoms with E-state index in [2.05, 4.69) is 15.3 Å². The molecule has 0 atom stereocenters. The van der Waals surface area contributed by atoms with Gasteiger partial charge in [-0.05, 0) is 87.4 Å². The highest BCUT2D eigenvalue weighted by Crippen LogP contribution is 2.61. The fraction of sp³-hybridized carbons (Fsp3) is 0.773. The number of aromatic nitrogens is 2. The minimum atomic E-state index is 0.193. The van der Waals surface area contributed by atoms with Gasteiger partial charge in [0.1, 0.15) is 6.10 Å². The van der Waals surface area contributed by atoms with Crippen molar-refractivity contribution in [2.24, 2.45) is 23.2 Å². The maximum Gasteiger partial charge on any atom is 0.232 e. The normalized spacial score (nSPS) is 39.9. The number of carbonyl (C=O) groups excluding carboxylic acids is 1. The molecule has 27 heavy (non-hydrogen) atoms. The second-order valence-corrected chi connectivity index (χ2v) is 9.80. The summed E-state index contributed by atoms with van der Waals surface area (Å²) in [4.78, 5) is 21.0. The van der Waals surface area contributed by atoms with Crippen LogP contribution in [-0.4, -0.2) is 28.0 Å². The van der Waals surface area contributed by atoms with Crippen LogP contribution in [-0.2, 0) is 4.79 Å². The molecule has 6 rings (SSSR count). The predicted octanol–water partition coefficient (Wildman–Crippen LogP) is 3.89. The first kappa shape index (κ1) is 17.4. The first-order valence-corrected chi connectivity index (χ1v) is 10.9. The smallest absolute Gasteiger partial charge is 0.232 e. The summed E-state index contributed by atoms with van der Waals surface area (Å²) in [7, 11) is 0. The van der Waals surface area contributed by atoms with Crippen LogP contribution in [0.2, 0.25) is 0 Å². The van der Waals surface area contributed by atoms with Crippen molar-refractivity contribution in [2.75, 3.05) is 0 Å². The molecule has 5 aliphatic rings. The second-order valence-electron chi connectivity index (χ2n) is 9.80. The summed E-state index contributed by atoms with van der Waals surface area (Å²) in [5, 5.41) is 3.36. The molecule has 1 aromatic rings. The minimum Gasteiger partial charge on any atom is -0.473 e. The fourth-order valence-electron chi connectivity index (χ4n) is 6.97. The van der Waals surface area contributed by atoms with Gasteiger partial charge in [-0.25, -0.2) is 4.98 Å². The number of hydrogen-bond donors (Lipinski definition) is 1. The zero-order valence-corrected chi connectivity index (χ0v) is 16.1. The van der Waals surface area contributed by atoms with E-state index < -0.39 is 0 Å². The Balaban J connectivity index is 1.10. The van der Waals surface area contributed by atoms with Crippen LogP contribution in [0, 0.1) is 23.2 Å². The molecule has 5 fully saturated rings. The molecule has 5 saturated carbocycles. The Morgan fingerprint density at radius 2 is 1.70 bits per heavy atom. The number of hydrogen-bond acceptors (Lipinski definition) is 4. The van der Waals surface area contributed by atoms with Crippen molar-refractivity contribution >= 4 is 5.91 Å². The van der Waals surface area contributed by atoms with Crippen LogP contribution in [0.4, 0.5) is 0 Å². The predicted molar refractivity (Wildman–Crippen MR) is 102 cm³/mol. The molecule has 0 unspecified atom stereocenters. The Morgan fingerprint density at radius 1 is 1.04 bits per heavy atom. The van der Waals surface area contributed by atoms with Crippen molar-refractivity contribution in [3.8, 4) is 5.88 Å². The molecule has 0 aliphatic heterocycles. The topological polar surface area (TPSA) is 64.1 Å². The van der Waals surface area contributed by atoms with E-state index >= 15 is 0 Å².